The van der Waals surface area contributed by atoms with E-state index in [1.807, 2.05) is 48.5 Å². The lowest BCUT2D eigenvalue weighted by Crippen LogP contribution is -2.25. The van der Waals surface area contributed by atoms with Gasteiger partial charge in [-0.15, -0.1) is 24.6 Å². The predicted octanol–water partition coefficient (Wildman–Crippen LogP) is 3.92. The van der Waals surface area contributed by atoms with Crippen LogP contribution in [0.5, 0.6) is 0 Å². The summed E-state index contributed by atoms with van der Waals surface area (Å²) in [7, 11) is 0. The molecule has 2 rings (SSSR count). The number of carbonyl (C=O) groups is 2. The number of hydrogen-bond donors (Lipinski definition) is 3. The number of rotatable bonds is 8. The average molecular weight is 520 g/mol. The molecule has 0 saturated carbocycles. The minimum atomic E-state index is -0.0806. The van der Waals surface area contributed by atoms with Crippen molar-refractivity contribution in [2.75, 3.05) is 24.2 Å². The molecule has 0 aliphatic rings. The predicted molar refractivity (Wildman–Crippen MR) is 139 cm³/mol. The van der Waals surface area contributed by atoms with Gasteiger partial charge in [-0.3, -0.25) is 9.59 Å². The number of carbonyl (C=O) groups excluding carboxylic acids is 2. The van der Waals surface area contributed by atoms with Gasteiger partial charge in [-0.1, -0.05) is 88.4 Å². The zero-order valence-corrected chi connectivity index (χ0v) is 20.5. The molecule has 164 valence electrons. The number of thiol groups is 1. The van der Waals surface area contributed by atoms with E-state index >= 15 is 0 Å². The van der Waals surface area contributed by atoms with Gasteiger partial charge in [0.15, 0.2) is 0 Å². The number of hydrogen-bond acceptors (Lipinski definition) is 4. The first-order valence-electron chi connectivity index (χ1n) is 9.30. The molecule has 7 heteroatoms. The van der Waals surface area contributed by atoms with Crippen molar-refractivity contribution in [3.63, 3.8) is 0 Å². The van der Waals surface area contributed by atoms with Gasteiger partial charge in [0.1, 0.15) is 0 Å². The number of alkyl halides is 1. The molecule has 2 aromatic rings. The van der Waals surface area contributed by atoms with Crippen molar-refractivity contribution in [1.82, 2.24) is 10.6 Å². The first kappa shape index (κ1) is 28.7. The lowest BCUT2D eigenvalue weighted by Gasteiger charge is -2.01. The Hall–Kier alpha value is -2.32. The fourth-order valence-electron chi connectivity index (χ4n) is 1.82. The van der Waals surface area contributed by atoms with Crippen molar-refractivity contribution in [3.05, 3.63) is 71.8 Å². The minimum absolute atomic E-state index is 0.00567. The van der Waals surface area contributed by atoms with Crippen LogP contribution in [0.1, 0.15) is 11.1 Å². The molecule has 0 heterocycles. The van der Waals surface area contributed by atoms with Gasteiger partial charge in [0.05, 0.1) is 24.2 Å². The lowest BCUT2D eigenvalue weighted by molar-refractivity contribution is -0.119. The van der Waals surface area contributed by atoms with Gasteiger partial charge < -0.3 is 10.6 Å². The van der Waals surface area contributed by atoms with Gasteiger partial charge in [0.25, 0.3) is 0 Å². The molecule has 0 aliphatic carbocycles. The summed E-state index contributed by atoms with van der Waals surface area (Å²) >= 11 is 8.66. The molecule has 0 bridgehead atoms. The molecule has 2 N–H and O–H groups in total. The second-order valence-corrected chi connectivity index (χ2v) is 7.58. The number of benzene rings is 2. The van der Waals surface area contributed by atoms with Crippen LogP contribution in [0.2, 0.25) is 0 Å². The molecule has 4 nitrogen and oxygen atoms in total. The number of thioether (sulfide) groups is 1. The van der Waals surface area contributed by atoms with Crippen molar-refractivity contribution in [2.45, 2.75) is 11.5 Å². The topological polar surface area (TPSA) is 58.2 Å². The maximum absolute atomic E-state index is 11.2. The third-order valence-electron chi connectivity index (χ3n) is 3.27. The highest BCUT2D eigenvalue weighted by Gasteiger charge is 1.99. The molecule has 0 unspecified atom stereocenters. The highest BCUT2D eigenvalue weighted by atomic mass is 79.9. The zero-order chi connectivity index (χ0) is 23.2. The Balaban J connectivity index is 0.000000477. The molecule has 0 fully saturated rings. The molecule has 2 amide bonds. The Morgan fingerprint density at radius 1 is 0.871 bits per heavy atom. The van der Waals surface area contributed by atoms with Crippen molar-refractivity contribution in [1.29, 1.82) is 0 Å². The largest absolute Gasteiger partial charge is 0.344 e. The van der Waals surface area contributed by atoms with Gasteiger partial charge in [-0.05, 0) is 11.1 Å². The standard InChI is InChI=1S/C12H13NOS.C7H8S.C5H6BrNO/c1-2-8-13-12(14)10-15-9-11-6-4-3-5-7-11;8-6-7-4-2-1-3-5-7;1-2-3-7-5(8)4-6/h1,3-7H,8-10H2,(H,13,14);1-5,8H,6H2;1H,3-4H2,(H,7,8). The van der Waals surface area contributed by atoms with E-state index < -0.39 is 0 Å². The van der Waals surface area contributed by atoms with Gasteiger partial charge in [-0.25, -0.2) is 0 Å². The molecule has 0 atom stereocenters. The first-order chi connectivity index (χ1) is 15.1. The zero-order valence-electron chi connectivity index (χ0n) is 17.2. The smallest absolute Gasteiger partial charge is 0.231 e. The summed E-state index contributed by atoms with van der Waals surface area (Å²) in [5.41, 5.74) is 2.50. The Bertz CT molecular complexity index is 819. The van der Waals surface area contributed by atoms with Crippen LogP contribution in [-0.2, 0) is 21.1 Å². The van der Waals surface area contributed by atoms with E-state index in [9.17, 15) is 9.59 Å². The van der Waals surface area contributed by atoms with E-state index in [2.05, 4.69) is 63.2 Å². The first-order valence-corrected chi connectivity index (χ1v) is 12.2. The summed E-state index contributed by atoms with van der Waals surface area (Å²) in [6.45, 7) is 0.620. The van der Waals surface area contributed by atoms with Crippen LogP contribution in [0.15, 0.2) is 60.7 Å². The summed E-state index contributed by atoms with van der Waals surface area (Å²) in [4.78, 5) is 21.5. The Morgan fingerprint density at radius 2 is 1.35 bits per heavy atom. The Morgan fingerprint density at radius 3 is 1.77 bits per heavy atom. The monoisotopic (exact) mass is 518 g/mol. The third-order valence-corrected chi connectivity index (χ3v) is 5.14. The number of terminal acetylenes is 2. The Kier molecular flexibility index (Phi) is 19.4. The fraction of sp³-hybridized carbons (Fsp3) is 0.250. The fourth-order valence-corrected chi connectivity index (χ4v) is 3.04. The van der Waals surface area contributed by atoms with E-state index in [-0.39, 0.29) is 11.8 Å². The van der Waals surface area contributed by atoms with Gasteiger partial charge in [0.2, 0.25) is 11.8 Å². The maximum Gasteiger partial charge on any atom is 0.231 e. The molecule has 0 saturated heterocycles. The van der Waals surface area contributed by atoms with Gasteiger partial charge in [-0.2, -0.15) is 12.6 Å². The third kappa shape index (κ3) is 18.2. The molecule has 0 aromatic heterocycles. The molecular weight excluding hydrogens is 492 g/mol. The quantitative estimate of drug-likeness (QED) is 0.282. The molecular formula is C24H27BrN2O2S2. The van der Waals surface area contributed by atoms with Crippen LogP contribution in [0, 0.1) is 24.7 Å². The van der Waals surface area contributed by atoms with Gasteiger partial charge >= 0.3 is 0 Å². The molecule has 0 radical (unpaired) electrons. The van der Waals surface area contributed by atoms with E-state index in [0.717, 1.165) is 11.5 Å². The van der Waals surface area contributed by atoms with Crippen molar-refractivity contribution in [2.24, 2.45) is 0 Å². The highest BCUT2D eigenvalue weighted by molar-refractivity contribution is 9.09. The molecule has 0 spiro atoms. The minimum Gasteiger partial charge on any atom is -0.344 e. The average Bonchev–Trinajstić information content (AvgIpc) is 2.83. The highest BCUT2D eigenvalue weighted by Crippen LogP contribution is 2.10. The normalized spacial score (nSPS) is 8.77. The van der Waals surface area contributed by atoms with Crippen molar-refractivity contribution < 1.29 is 9.59 Å². The molecule has 2 aromatic carbocycles. The SMILES string of the molecule is C#CCNC(=O)CBr.C#CCNC(=O)CSCc1ccccc1.SCc1ccccc1. The molecule has 31 heavy (non-hydrogen) atoms. The van der Waals surface area contributed by atoms with Crippen LogP contribution in [0.4, 0.5) is 0 Å². The number of halogens is 1. The lowest BCUT2D eigenvalue weighted by atomic mass is 10.2. The van der Waals surface area contributed by atoms with Crippen molar-refractivity contribution >= 4 is 52.1 Å². The second-order valence-electron chi connectivity index (χ2n) is 5.72. The summed E-state index contributed by atoms with van der Waals surface area (Å²) < 4.78 is 0. The number of amides is 2. The van der Waals surface area contributed by atoms with E-state index in [0.29, 0.717) is 24.2 Å². The van der Waals surface area contributed by atoms with E-state index in [4.69, 9.17) is 12.8 Å². The summed E-state index contributed by atoms with van der Waals surface area (Å²) in [6, 6.07) is 20.2. The van der Waals surface area contributed by atoms with E-state index in [1.54, 1.807) is 11.8 Å². The van der Waals surface area contributed by atoms with Crippen LogP contribution >= 0.6 is 40.3 Å². The van der Waals surface area contributed by atoms with Crippen LogP contribution in [0.3, 0.4) is 0 Å². The van der Waals surface area contributed by atoms with Crippen LogP contribution < -0.4 is 10.6 Å². The second kappa shape index (κ2) is 20.9. The summed E-state index contributed by atoms with van der Waals surface area (Å²) in [5.74, 6) is 6.70. The Labute approximate surface area is 203 Å². The van der Waals surface area contributed by atoms with Crippen LogP contribution in [-0.4, -0.2) is 36.0 Å². The maximum atomic E-state index is 11.2. The summed E-state index contributed by atoms with van der Waals surface area (Å²) in [5, 5.41) is 5.40. The van der Waals surface area contributed by atoms with E-state index in [1.165, 1.54) is 11.1 Å². The van der Waals surface area contributed by atoms with Gasteiger partial charge in [0, 0.05) is 11.5 Å². The molecule has 0 aliphatic heterocycles. The number of nitrogens with one attached hydrogen (secondary N) is 2. The summed E-state index contributed by atoms with van der Waals surface area (Å²) in [6.07, 6.45) is 9.88. The van der Waals surface area contributed by atoms with Crippen LogP contribution in [0.25, 0.3) is 0 Å². The van der Waals surface area contributed by atoms with Crippen molar-refractivity contribution in [3.8, 4) is 24.7 Å².